The van der Waals surface area contributed by atoms with Gasteiger partial charge in [-0.1, -0.05) is 26.8 Å². The third-order valence-electron chi connectivity index (χ3n) is 3.12. The summed E-state index contributed by atoms with van der Waals surface area (Å²) in [6.07, 6.45) is 0. The van der Waals surface area contributed by atoms with Gasteiger partial charge in [-0.25, -0.2) is 14.4 Å². The molecule has 0 atom stereocenters. The number of benzene rings is 1. The van der Waals surface area contributed by atoms with E-state index in [4.69, 9.17) is 5.73 Å². The van der Waals surface area contributed by atoms with Crippen molar-refractivity contribution in [2.75, 3.05) is 17.2 Å². The minimum atomic E-state index is -0.274. The van der Waals surface area contributed by atoms with Gasteiger partial charge in [0.05, 0.1) is 0 Å². The average Bonchev–Trinajstić information content (AvgIpc) is 2.38. The van der Waals surface area contributed by atoms with Crippen molar-refractivity contribution in [1.29, 1.82) is 0 Å². The number of hydrogen-bond acceptors (Lipinski definition) is 4. The van der Waals surface area contributed by atoms with Crippen molar-refractivity contribution in [3.63, 3.8) is 0 Å². The molecule has 0 spiro atoms. The first-order chi connectivity index (χ1) is 9.81. The van der Waals surface area contributed by atoms with Gasteiger partial charge in [-0.15, -0.1) is 0 Å². The molecule has 0 saturated heterocycles. The predicted octanol–water partition coefficient (Wildman–Crippen LogP) is 3.65. The summed E-state index contributed by atoms with van der Waals surface area (Å²) in [6.45, 7) is 8.74. The van der Waals surface area contributed by atoms with Gasteiger partial charge in [0.2, 0.25) is 0 Å². The Bertz CT molecular complexity index is 634. The van der Waals surface area contributed by atoms with Crippen LogP contribution in [0.25, 0.3) is 0 Å². The van der Waals surface area contributed by atoms with Crippen molar-refractivity contribution in [3.8, 4) is 0 Å². The van der Waals surface area contributed by atoms with E-state index in [1.165, 1.54) is 12.1 Å². The molecule has 0 aliphatic heterocycles. The van der Waals surface area contributed by atoms with Crippen LogP contribution >= 0.6 is 0 Å². The molecular formula is C16H21FN4. The van der Waals surface area contributed by atoms with Crippen molar-refractivity contribution in [3.05, 3.63) is 42.0 Å². The summed E-state index contributed by atoms with van der Waals surface area (Å²) >= 11 is 0. The Kier molecular flexibility index (Phi) is 4.11. The number of aromatic nitrogens is 2. The number of halogens is 1. The lowest BCUT2D eigenvalue weighted by atomic mass is 9.96. The van der Waals surface area contributed by atoms with E-state index in [1.54, 1.807) is 12.1 Å². The molecule has 0 saturated carbocycles. The van der Waals surface area contributed by atoms with Crippen LogP contribution in [0.1, 0.15) is 33.5 Å². The molecule has 2 N–H and O–H groups in total. The Morgan fingerprint density at radius 1 is 1.19 bits per heavy atom. The van der Waals surface area contributed by atoms with Crippen LogP contribution < -0.4 is 10.6 Å². The van der Waals surface area contributed by atoms with Gasteiger partial charge in [0, 0.05) is 23.7 Å². The maximum absolute atomic E-state index is 13.4. The molecule has 0 radical (unpaired) electrons. The maximum atomic E-state index is 13.4. The van der Waals surface area contributed by atoms with E-state index in [2.05, 4.69) is 9.97 Å². The monoisotopic (exact) mass is 288 g/mol. The molecule has 4 nitrogen and oxygen atoms in total. The topological polar surface area (TPSA) is 55.0 Å². The van der Waals surface area contributed by atoms with Gasteiger partial charge in [-0.05, 0) is 25.1 Å². The van der Waals surface area contributed by atoms with E-state index in [0.29, 0.717) is 24.0 Å². The molecule has 0 aliphatic rings. The average molecular weight is 288 g/mol. The number of nitrogen functional groups attached to an aromatic ring is 1. The zero-order chi connectivity index (χ0) is 15.6. The summed E-state index contributed by atoms with van der Waals surface area (Å²) in [4.78, 5) is 10.8. The van der Waals surface area contributed by atoms with Crippen molar-refractivity contribution >= 4 is 17.3 Å². The lowest BCUT2D eigenvalue weighted by Gasteiger charge is -2.25. The van der Waals surface area contributed by atoms with Gasteiger partial charge in [0.1, 0.15) is 23.3 Å². The molecule has 21 heavy (non-hydrogen) atoms. The van der Waals surface area contributed by atoms with Crippen LogP contribution in [0.15, 0.2) is 30.3 Å². The molecular weight excluding hydrogens is 267 g/mol. The number of nitrogens with zero attached hydrogens (tertiary/aromatic N) is 3. The first-order valence-corrected chi connectivity index (χ1v) is 6.99. The highest BCUT2D eigenvalue weighted by atomic mass is 19.1. The minimum absolute atomic E-state index is 0.203. The summed E-state index contributed by atoms with van der Waals surface area (Å²) in [5.41, 5.74) is 6.45. The lowest BCUT2D eigenvalue weighted by molar-refractivity contribution is 0.546. The van der Waals surface area contributed by atoms with E-state index < -0.39 is 0 Å². The van der Waals surface area contributed by atoms with E-state index in [0.717, 1.165) is 5.69 Å². The lowest BCUT2D eigenvalue weighted by Crippen LogP contribution is -2.22. The van der Waals surface area contributed by atoms with Gasteiger partial charge < -0.3 is 10.6 Å². The van der Waals surface area contributed by atoms with E-state index in [1.807, 2.05) is 38.7 Å². The molecule has 1 aromatic heterocycles. The largest absolute Gasteiger partial charge is 0.384 e. The molecule has 2 rings (SSSR count). The number of anilines is 3. The van der Waals surface area contributed by atoms with Crippen molar-refractivity contribution in [2.24, 2.45) is 0 Å². The standard InChI is InChI=1S/C16H21FN4/c1-5-21(12-8-6-7-11(17)9-12)14-10-13(18)19-15(20-14)16(2,3)4/h6-10H,5H2,1-4H3,(H2,18,19,20). The number of hydrogen-bond donors (Lipinski definition) is 1. The Morgan fingerprint density at radius 3 is 2.48 bits per heavy atom. The van der Waals surface area contributed by atoms with Gasteiger partial charge >= 0.3 is 0 Å². The summed E-state index contributed by atoms with van der Waals surface area (Å²) in [5.74, 6) is 1.50. The second kappa shape index (κ2) is 5.68. The number of nitrogens with two attached hydrogens (primary N) is 1. The van der Waals surface area contributed by atoms with Crippen LogP contribution in [0.4, 0.5) is 21.7 Å². The Hall–Kier alpha value is -2.17. The van der Waals surface area contributed by atoms with Crippen LogP contribution in [0.3, 0.4) is 0 Å². The first-order valence-electron chi connectivity index (χ1n) is 6.99. The fourth-order valence-electron chi connectivity index (χ4n) is 2.05. The molecule has 0 aliphatic carbocycles. The van der Waals surface area contributed by atoms with Crippen LogP contribution in [-0.4, -0.2) is 16.5 Å². The maximum Gasteiger partial charge on any atom is 0.138 e. The van der Waals surface area contributed by atoms with Gasteiger partial charge in [0.25, 0.3) is 0 Å². The van der Waals surface area contributed by atoms with Crippen LogP contribution in [0.5, 0.6) is 0 Å². The summed E-state index contributed by atoms with van der Waals surface area (Å²) in [5, 5.41) is 0. The quantitative estimate of drug-likeness (QED) is 0.936. The predicted molar refractivity (Wildman–Crippen MR) is 84.2 cm³/mol. The smallest absolute Gasteiger partial charge is 0.138 e. The third kappa shape index (κ3) is 3.48. The van der Waals surface area contributed by atoms with Crippen LogP contribution in [-0.2, 0) is 5.41 Å². The van der Waals surface area contributed by atoms with Crippen LogP contribution in [0, 0.1) is 5.82 Å². The molecule has 5 heteroatoms. The fraction of sp³-hybridized carbons (Fsp3) is 0.375. The molecule has 0 bridgehead atoms. The molecule has 1 heterocycles. The normalized spacial score (nSPS) is 11.5. The molecule has 2 aromatic rings. The first kappa shape index (κ1) is 15.2. The Labute approximate surface area is 124 Å². The Morgan fingerprint density at radius 2 is 1.90 bits per heavy atom. The Balaban J connectivity index is 2.50. The van der Waals surface area contributed by atoms with E-state index in [-0.39, 0.29) is 11.2 Å². The van der Waals surface area contributed by atoms with E-state index >= 15 is 0 Å². The summed E-state index contributed by atoms with van der Waals surface area (Å²) in [6, 6.07) is 8.15. The fourth-order valence-corrected chi connectivity index (χ4v) is 2.05. The molecule has 112 valence electrons. The SMILES string of the molecule is CCN(c1cccc(F)c1)c1cc(N)nc(C(C)(C)C)n1. The highest BCUT2D eigenvalue weighted by Gasteiger charge is 2.20. The highest BCUT2D eigenvalue weighted by molar-refractivity contribution is 5.62. The second-order valence-corrected chi connectivity index (χ2v) is 5.95. The summed E-state index contributed by atoms with van der Waals surface area (Å²) < 4.78 is 13.4. The van der Waals surface area contributed by atoms with Gasteiger partial charge in [-0.3, -0.25) is 0 Å². The third-order valence-corrected chi connectivity index (χ3v) is 3.12. The van der Waals surface area contributed by atoms with E-state index in [9.17, 15) is 4.39 Å². The van der Waals surface area contributed by atoms with Gasteiger partial charge in [-0.2, -0.15) is 0 Å². The molecule has 1 aromatic carbocycles. The summed E-state index contributed by atoms with van der Waals surface area (Å²) in [7, 11) is 0. The number of rotatable bonds is 3. The van der Waals surface area contributed by atoms with Crippen molar-refractivity contribution < 1.29 is 4.39 Å². The zero-order valence-corrected chi connectivity index (χ0v) is 12.9. The van der Waals surface area contributed by atoms with Crippen molar-refractivity contribution in [2.45, 2.75) is 33.1 Å². The van der Waals surface area contributed by atoms with Crippen LogP contribution in [0.2, 0.25) is 0 Å². The van der Waals surface area contributed by atoms with Gasteiger partial charge in [0.15, 0.2) is 0 Å². The molecule has 0 unspecified atom stereocenters. The second-order valence-electron chi connectivity index (χ2n) is 5.95. The molecule has 0 amide bonds. The zero-order valence-electron chi connectivity index (χ0n) is 12.9. The highest BCUT2D eigenvalue weighted by Crippen LogP contribution is 2.28. The van der Waals surface area contributed by atoms with Crippen molar-refractivity contribution in [1.82, 2.24) is 9.97 Å². The minimum Gasteiger partial charge on any atom is -0.384 e. The molecule has 0 fully saturated rings.